The van der Waals surface area contributed by atoms with Crippen LogP contribution in [0.1, 0.15) is 24.8 Å². The van der Waals surface area contributed by atoms with Crippen molar-refractivity contribution in [3.63, 3.8) is 0 Å². The Labute approximate surface area is 127 Å². The third kappa shape index (κ3) is 4.53. The molecule has 1 unspecified atom stereocenters. The molecule has 1 atom stereocenters. The standard InChI is InChI=1S/C12H19BrN2O2S2/c1-15(7-10-6-12(13)18-8-10)19(16,17)9-11-4-2-3-5-14-11/h6,8,11,14H,2-5,7,9H2,1H3. The zero-order valence-electron chi connectivity index (χ0n) is 10.9. The fourth-order valence-corrected chi connectivity index (χ4v) is 4.83. The Kier molecular flexibility index (Phi) is 5.42. The molecule has 0 spiro atoms. The number of piperidine rings is 1. The van der Waals surface area contributed by atoms with E-state index in [2.05, 4.69) is 21.2 Å². The fourth-order valence-electron chi connectivity index (χ4n) is 2.23. The van der Waals surface area contributed by atoms with Crippen LogP contribution >= 0.6 is 27.3 Å². The van der Waals surface area contributed by atoms with Crippen LogP contribution in [0, 0.1) is 0 Å². The lowest BCUT2D eigenvalue weighted by atomic mass is 10.1. The van der Waals surface area contributed by atoms with Gasteiger partial charge < -0.3 is 5.32 Å². The Morgan fingerprint density at radius 2 is 2.32 bits per heavy atom. The zero-order chi connectivity index (χ0) is 13.9. The Morgan fingerprint density at radius 3 is 2.89 bits per heavy atom. The van der Waals surface area contributed by atoms with E-state index in [9.17, 15) is 8.42 Å². The summed E-state index contributed by atoms with van der Waals surface area (Å²) in [6.07, 6.45) is 3.22. The van der Waals surface area contributed by atoms with Crippen LogP contribution in [0.25, 0.3) is 0 Å². The second-order valence-corrected chi connectivity index (χ2v) is 9.35. The molecular weight excluding hydrogens is 348 g/mol. The average molecular weight is 367 g/mol. The van der Waals surface area contributed by atoms with E-state index in [4.69, 9.17) is 0 Å². The summed E-state index contributed by atoms with van der Waals surface area (Å²) >= 11 is 4.97. The normalized spacial score (nSPS) is 20.9. The maximum atomic E-state index is 12.3. The van der Waals surface area contributed by atoms with Crippen LogP contribution in [0.3, 0.4) is 0 Å². The summed E-state index contributed by atoms with van der Waals surface area (Å²) < 4.78 is 27.1. The highest BCUT2D eigenvalue weighted by molar-refractivity contribution is 9.11. The highest BCUT2D eigenvalue weighted by Crippen LogP contribution is 2.22. The van der Waals surface area contributed by atoms with Crippen molar-refractivity contribution in [1.29, 1.82) is 0 Å². The lowest BCUT2D eigenvalue weighted by Crippen LogP contribution is -2.42. The van der Waals surface area contributed by atoms with Crippen LogP contribution in [-0.4, -0.2) is 38.1 Å². The number of hydrogen-bond acceptors (Lipinski definition) is 4. The van der Waals surface area contributed by atoms with E-state index < -0.39 is 10.0 Å². The topological polar surface area (TPSA) is 49.4 Å². The minimum absolute atomic E-state index is 0.107. The summed E-state index contributed by atoms with van der Waals surface area (Å²) in [5, 5.41) is 5.27. The van der Waals surface area contributed by atoms with Gasteiger partial charge in [-0.3, -0.25) is 0 Å². The van der Waals surface area contributed by atoms with Crippen LogP contribution < -0.4 is 5.32 Å². The number of nitrogens with one attached hydrogen (secondary N) is 1. The molecule has 1 aliphatic rings. The van der Waals surface area contributed by atoms with E-state index in [1.807, 2.05) is 11.4 Å². The first-order valence-electron chi connectivity index (χ1n) is 6.38. The molecule has 1 aromatic heterocycles. The van der Waals surface area contributed by atoms with Crippen LogP contribution in [-0.2, 0) is 16.6 Å². The van der Waals surface area contributed by atoms with Crippen molar-refractivity contribution in [2.45, 2.75) is 31.8 Å². The zero-order valence-corrected chi connectivity index (χ0v) is 14.2. The molecule has 0 aliphatic carbocycles. The molecule has 0 aromatic carbocycles. The van der Waals surface area contributed by atoms with E-state index in [0.717, 1.165) is 35.2 Å². The Hall–Kier alpha value is 0.0500. The van der Waals surface area contributed by atoms with Crippen LogP contribution in [0.15, 0.2) is 15.2 Å². The van der Waals surface area contributed by atoms with Crippen molar-refractivity contribution in [1.82, 2.24) is 9.62 Å². The van der Waals surface area contributed by atoms with Crippen molar-refractivity contribution < 1.29 is 8.42 Å². The monoisotopic (exact) mass is 366 g/mol. The van der Waals surface area contributed by atoms with Gasteiger partial charge in [0.15, 0.2) is 0 Å². The lowest BCUT2D eigenvalue weighted by molar-refractivity contribution is 0.408. The molecule has 1 aromatic rings. The molecular formula is C12H19BrN2O2S2. The summed E-state index contributed by atoms with van der Waals surface area (Å²) in [4.78, 5) is 0. The number of halogens is 1. The van der Waals surface area contributed by atoms with Crippen molar-refractivity contribution in [3.05, 3.63) is 20.8 Å². The van der Waals surface area contributed by atoms with Gasteiger partial charge in [-0.1, -0.05) is 6.42 Å². The molecule has 0 amide bonds. The van der Waals surface area contributed by atoms with E-state index in [1.54, 1.807) is 18.4 Å². The molecule has 1 saturated heterocycles. The summed E-state index contributed by atoms with van der Waals surface area (Å²) in [6.45, 7) is 1.37. The summed E-state index contributed by atoms with van der Waals surface area (Å²) in [7, 11) is -1.53. The molecule has 1 aliphatic heterocycles. The summed E-state index contributed by atoms with van der Waals surface area (Å²) in [6, 6.07) is 2.07. The molecule has 0 saturated carbocycles. The van der Waals surface area contributed by atoms with Gasteiger partial charge in [-0.25, -0.2) is 12.7 Å². The largest absolute Gasteiger partial charge is 0.313 e. The first-order valence-corrected chi connectivity index (χ1v) is 9.66. The predicted molar refractivity (Wildman–Crippen MR) is 82.9 cm³/mol. The van der Waals surface area contributed by atoms with Crippen LogP contribution in [0.2, 0.25) is 0 Å². The smallest absolute Gasteiger partial charge is 0.215 e. The molecule has 0 bridgehead atoms. The summed E-state index contributed by atoms with van der Waals surface area (Å²) in [5.41, 5.74) is 1.03. The third-order valence-corrected chi connectivity index (χ3v) is 6.78. The molecule has 1 N–H and O–H groups in total. The van der Waals surface area contributed by atoms with Crippen molar-refractivity contribution in [2.75, 3.05) is 19.3 Å². The Balaban J connectivity index is 1.94. The van der Waals surface area contributed by atoms with E-state index >= 15 is 0 Å². The minimum Gasteiger partial charge on any atom is -0.313 e. The molecule has 2 rings (SSSR count). The maximum Gasteiger partial charge on any atom is 0.215 e. The van der Waals surface area contributed by atoms with Gasteiger partial charge in [-0.05, 0) is 52.3 Å². The molecule has 2 heterocycles. The SMILES string of the molecule is CN(Cc1csc(Br)c1)S(=O)(=O)CC1CCCCN1. The highest BCUT2D eigenvalue weighted by Gasteiger charge is 2.24. The average Bonchev–Trinajstić information content (AvgIpc) is 2.75. The molecule has 19 heavy (non-hydrogen) atoms. The first kappa shape index (κ1) is 15.4. The fraction of sp³-hybridized carbons (Fsp3) is 0.667. The molecule has 108 valence electrons. The third-order valence-electron chi connectivity index (χ3n) is 3.33. The lowest BCUT2D eigenvalue weighted by Gasteiger charge is -2.25. The predicted octanol–water partition coefficient (Wildman–Crippen LogP) is 2.41. The van der Waals surface area contributed by atoms with Gasteiger partial charge in [0.25, 0.3) is 0 Å². The maximum absolute atomic E-state index is 12.3. The van der Waals surface area contributed by atoms with Gasteiger partial charge in [0.05, 0.1) is 9.54 Å². The van der Waals surface area contributed by atoms with E-state index in [0.29, 0.717) is 6.54 Å². The molecule has 7 heteroatoms. The number of thiophene rings is 1. The number of nitrogens with zero attached hydrogens (tertiary/aromatic N) is 1. The van der Waals surface area contributed by atoms with Crippen molar-refractivity contribution in [2.24, 2.45) is 0 Å². The minimum atomic E-state index is -3.19. The van der Waals surface area contributed by atoms with Crippen LogP contribution in [0.5, 0.6) is 0 Å². The van der Waals surface area contributed by atoms with Gasteiger partial charge in [0.2, 0.25) is 10.0 Å². The number of sulfonamides is 1. The Morgan fingerprint density at radius 1 is 1.53 bits per heavy atom. The van der Waals surface area contributed by atoms with E-state index in [1.165, 1.54) is 4.31 Å². The van der Waals surface area contributed by atoms with Gasteiger partial charge in [0.1, 0.15) is 0 Å². The summed E-state index contributed by atoms with van der Waals surface area (Å²) in [5.74, 6) is 0.203. The van der Waals surface area contributed by atoms with Crippen molar-refractivity contribution in [3.8, 4) is 0 Å². The van der Waals surface area contributed by atoms with Gasteiger partial charge in [-0.2, -0.15) is 0 Å². The highest BCUT2D eigenvalue weighted by atomic mass is 79.9. The van der Waals surface area contributed by atoms with Crippen LogP contribution in [0.4, 0.5) is 0 Å². The first-order chi connectivity index (χ1) is 8.97. The molecule has 1 fully saturated rings. The van der Waals surface area contributed by atoms with E-state index in [-0.39, 0.29) is 11.8 Å². The van der Waals surface area contributed by atoms with Gasteiger partial charge in [-0.15, -0.1) is 11.3 Å². The quantitative estimate of drug-likeness (QED) is 0.870. The Bertz CT molecular complexity index is 510. The molecule has 0 radical (unpaired) electrons. The van der Waals surface area contributed by atoms with Gasteiger partial charge in [0, 0.05) is 19.6 Å². The van der Waals surface area contributed by atoms with Gasteiger partial charge >= 0.3 is 0 Å². The second-order valence-electron chi connectivity index (χ2n) is 4.94. The second kappa shape index (κ2) is 6.67. The number of hydrogen-bond donors (Lipinski definition) is 1. The number of rotatable bonds is 5. The molecule has 4 nitrogen and oxygen atoms in total. The van der Waals surface area contributed by atoms with Crippen molar-refractivity contribution >= 4 is 37.3 Å².